The van der Waals surface area contributed by atoms with E-state index in [2.05, 4.69) is 20.9 Å². The third-order valence-electron chi connectivity index (χ3n) is 2.63. The molecule has 0 N–H and O–H groups in total. The predicted molar refractivity (Wildman–Crippen MR) is 73.0 cm³/mol. The lowest BCUT2D eigenvalue weighted by molar-refractivity contribution is 0.349. The Labute approximate surface area is 118 Å². The number of ether oxygens (including phenoxy) is 1. The summed E-state index contributed by atoms with van der Waals surface area (Å²) in [4.78, 5) is 16.1. The van der Waals surface area contributed by atoms with Gasteiger partial charge in [-0.2, -0.15) is 0 Å². The van der Waals surface area contributed by atoms with Crippen LogP contribution in [-0.2, 0) is 6.54 Å². The van der Waals surface area contributed by atoms with Crippen LogP contribution in [0.1, 0.15) is 11.3 Å². The topological polar surface area (TPSA) is 44.1 Å². The van der Waals surface area contributed by atoms with E-state index in [1.807, 2.05) is 0 Å². The Kier molecular flexibility index (Phi) is 3.99. The maximum atomic E-state index is 13.0. The molecule has 0 saturated carbocycles. The van der Waals surface area contributed by atoms with Gasteiger partial charge in [0.1, 0.15) is 5.82 Å². The van der Waals surface area contributed by atoms with E-state index in [0.29, 0.717) is 10.2 Å². The predicted octanol–water partition coefficient (Wildman–Crippen LogP) is 2.51. The Balaban J connectivity index is 2.46. The van der Waals surface area contributed by atoms with E-state index >= 15 is 0 Å². The highest BCUT2D eigenvalue weighted by molar-refractivity contribution is 9.10. The van der Waals surface area contributed by atoms with Crippen LogP contribution < -0.4 is 10.3 Å². The monoisotopic (exact) mass is 326 g/mol. The van der Waals surface area contributed by atoms with Crippen LogP contribution in [0.4, 0.5) is 4.39 Å². The maximum Gasteiger partial charge on any atom is 0.299 e. The van der Waals surface area contributed by atoms with Gasteiger partial charge in [-0.25, -0.2) is 9.37 Å². The first-order valence-corrected chi connectivity index (χ1v) is 6.37. The smallest absolute Gasteiger partial charge is 0.299 e. The fourth-order valence-corrected chi connectivity index (χ4v) is 2.19. The van der Waals surface area contributed by atoms with Gasteiger partial charge in [-0.15, -0.1) is 0 Å². The number of aromatic nitrogens is 2. The van der Waals surface area contributed by atoms with Gasteiger partial charge in [-0.1, -0.05) is 22.0 Å². The van der Waals surface area contributed by atoms with Crippen LogP contribution in [0.3, 0.4) is 0 Å². The number of hydrogen-bond donors (Lipinski definition) is 0. The number of rotatable bonds is 3. The van der Waals surface area contributed by atoms with Gasteiger partial charge in [0.25, 0.3) is 11.6 Å². The van der Waals surface area contributed by atoms with Crippen molar-refractivity contribution in [1.82, 2.24) is 9.55 Å². The summed E-state index contributed by atoms with van der Waals surface area (Å²) >= 11 is 3.27. The van der Waals surface area contributed by atoms with Gasteiger partial charge >= 0.3 is 0 Å². The summed E-state index contributed by atoms with van der Waals surface area (Å²) in [5, 5.41) is 0. The lowest BCUT2D eigenvalue weighted by Crippen LogP contribution is -2.23. The standard InChI is InChI=1S/C13H12BrFN2O2/c1-8-5-12(18)17(13(16-8)19-2)7-9-3-4-10(15)6-11(9)14/h3-6H,7H2,1-2H3. The first kappa shape index (κ1) is 13.7. The normalized spacial score (nSPS) is 10.5. The Morgan fingerprint density at radius 3 is 2.79 bits per heavy atom. The van der Waals surface area contributed by atoms with E-state index in [1.165, 1.54) is 29.9 Å². The molecule has 0 atom stereocenters. The van der Waals surface area contributed by atoms with Crippen molar-refractivity contribution in [3.63, 3.8) is 0 Å². The third-order valence-corrected chi connectivity index (χ3v) is 3.37. The summed E-state index contributed by atoms with van der Waals surface area (Å²) in [6.45, 7) is 1.98. The summed E-state index contributed by atoms with van der Waals surface area (Å²) in [7, 11) is 1.46. The number of halogens is 2. The SMILES string of the molecule is COc1nc(C)cc(=O)n1Cc1ccc(F)cc1Br. The zero-order valence-corrected chi connectivity index (χ0v) is 12.1. The molecular formula is C13H12BrFN2O2. The molecule has 2 aromatic rings. The molecule has 0 spiro atoms. The largest absolute Gasteiger partial charge is 0.468 e. The maximum absolute atomic E-state index is 13.0. The molecule has 4 nitrogen and oxygen atoms in total. The molecule has 19 heavy (non-hydrogen) atoms. The molecule has 2 rings (SSSR count). The third kappa shape index (κ3) is 3.01. The number of nitrogens with zero attached hydrogens (tertiary/aromatic N) is 2. The minimum Gasteiger partial charge on any atom is -0.468 e. The van der Waals surface area contributed by atoms with Crippen molar-refractivity contribution in [2.24, 2.45) is 0 Å². The van der Waals surface area contributed by atoms with Crippen LogP contribution in [0.15, 0.2) is 33.5 Å². The summed E-state index contributed by atoms with van der Waals surface area (Å²) in [6, 6.07) is 5.99. The quantitative estimate of drug-likeness (QED) is 0.870. The summed E-state index contributed by atoms with van der Waals surface area (Å²) in [5.74, 6) is -0.336. The fraction of sp³-hybridized carbons (Fsp3) is 0.231. The minimum atomic E-state index is -0.336. The zero-order chi connectivity index (χ0) is 14.0. The second-order valence-corrected chi connectivity index (χ2v) is 4.90. The van der Waals surface area contributed by atoms with Crippen molar-refractivity contribution < 1.29 is 9.13 Å². The van der Waals surface area contributed by atoms with Crippen molar-refractivity contribution in [3.05, 3.63) is 56.2 Å². The van der Waals surface area contributed by atoms with Crippen LogP contribution in [0, 0.1) is 12.7 Å². The molecule has 0 amide bonds. The van der Waals surface area contributed by atoms with Crippen molar-refractivity contribution in [1.29, 1.82) is 0 Å². The summed E-state index contributed by atoms with van der Waals surface area (Å²) < 4.78 is 20.1. The first-order valence-electron chi connectivity index (χ1n) is 5.57. The van der Waals surface area contributed by atoms with Crippen LogP contribution >= 0.6 is 15.9 Å². The molecule has 0 radical (unpaired) electrons. The number of aryl methyl sites for hydroxylation is 1. The number of hydrogen-bond acceptors (Lipinski definition) is 3. The molecule has 1 heterocycles. The van der Waals surface area contributed by atoms with Crippen LogP contribution in [0.25, 0.3) is 0 Å². The van der Waals surface area contributed by atoms with Gasteiger partial charge < -0.3 is 4.74 Å². The van der Waals surface area contributed by atoms with Crippen molar-refractivity contribution in [2.75, 3.05) is 7.11 Å². The lowest BCUT2D eigenvalue weighted by atomic mass is 10.2. The molecule has 0 saturated heterocycles. The van der Waals surface area contributed by atoms with E-state index in [1.54, 1.807) is 13.0 Å². The Bertz CT molecular complexity index is 670. The highest BCUT2D eigenvalue weighted by Gasteiger charge is 2.10. The van der Waals surface area contributed by atoms with E-state index < -0.39 is 0 Å². The lowest BCUT2D eigenvalue weighted by Gasteiger charge is -2.12. The molecule has 0 aliphatic carbocycles. The van der Waals surface area contributed by atoms with Crippen molar-refractivity contribution in [2.45, 2.75) is 13.5 Å². The van der Waals surface area contributed by atoms with E-state index in [-0.39, 0.29) is 23.9 Å². The van der Waals surface area contributed by atoms with Gasteiger partial charge in [0.15, 0.2) is 0 Å². The molecule has 0 unspecified atom stereocenters. The minimum absolute atomic E-state index is 0.208. The zero-order valence-electron chi connectivity index (χ0n) is 10.5. The van der Waals surface area contributed by atoms with Gasteiger partial charge in [-0.05, 0) is 24.6 Å². The highest BCUT2D eigenvalue weighted by atomic mass is 79.9. The van der Waals surface area contributed by atoms with Crippen LogP contribution in [0.5, 0.6) is 6.01 Å². The van der Waals surface area contributed by atoms with Crippen LogP contribution in [0.2, 0.25) is 0 Å². The second kappa shape index (κ2) is 5.52. The van der Waals surface area contributed by atoms with Crippen molar-refractivity contribution in [3.8, 4) is 6.01 Å². The molecular weight excluding hydrogens is 315 g/mol. The average Bonchev–Trinajstić information content (AvgIpc) is 2.34. The molecule has 0 bridgehead atoms. The second-order valence-electron chi connectivity index (χ2n) is 4.04. The number of benzene rings is 1. The molecule has 0 fully saturated rings. The molecule has 0 aliphatic rings. The average molecular weight is 327 g/mol. The van der Waals surface area contributed by atoms with Gasteiger partial charge in [0.05, 0.1) is 13.7 Å². The Morgan fingerprint density at radius 1 is 1.42 bits per heavy atom. The fourth-order valence-electron chi connectivity index (χ4n) is 1.72. The van der Waals surface area contributed by atoms with Gasteiger partial charge in [-0.3, -0.25) is 9.36 Å². The Morgan fingerprint density at radius 2 is 2.16 bits per heavy atom. The van der Waals surface area contributed by atoms with Gasteiger partial charge in [0.2, 0.25) is 0 Å². The molecule has 0 aliphatic heterocycles. The molecule has 6 heteroatoms. The number of methoxy groups -OCH3 is 1. The molecule has 1 aromatic carbocycles. The summed E-state index contributed by atoms with van der Waals surface area (Å²) in [6.07, 6.45) is 0. The highest BCUT2D eigenvalue weighted by Crippen LogP contribution is 2.20. The van der Waals surface area contributed by atoms with E-state index in [4.69, 9.17) is 4.74 Å². The summed E-state index contributed by atoms with van der Waals surface area (Å²) in [5.41, 5.74) is 1.16. The van der Waals surface area contributed by atoms with Gasteiger partial charge in [0, 0.05) is 16.2 Å². The van der Waals surface area contributed by atoms with E-state index in [9.17, 15) is 9.18 Å². The molecule has 1 aromatic heterocycles. The first-order chi connectivity index (χ1) is 9.01. The molecule has 100 valence electrons. The van der Waals surface area contributed by atoms with Crippen LogP contribution in [-0.4, -0.2) is 16.7 Å². The van der Waals surface area contributed by atoms with Crippen molar-refractivity contribution >= 4 is 15.9 Å². The Hall–Kier alpha value is -1.69. The van der Waals surface area contributed by atoms with E-state index in [0.717, 1.165) is 5.56 Å².